The van der Waals surface area contributed by atoms with E-state index in [-0.39, 0.29) is 18.0 Å². The van der Waals surface area contributed by atoms with Crippen molar-refractivity contribution >= 4 is 17.1 Å². The number of aromatic nitrogens is 3. The molecule has 0 aliphatic carbocycles. The van der Waals surface area contributed by atoms with Gasteiger partial charge in [0.1, 0.15) is 11.3 Å². The normalized spacial score (nSPS) is 11.2. The van der Waals surface area contributed by atoms with Crippen LogP contribution in [0.5, 0.6) is 0 Å². The molecule has 27 heavy (non-hydrogen) atoms. The predicted octanol–water partition coefficient (Wildman–Crippen LogP) is 3.50. The highest BCUT2D eigenvalue weighted by molar-refractivity contribution is 6.30. The summed E-state index contributed by atoms with van der Waals surface area (Å²) in [5, 5.41) is 14.9. The summed E-state index contributed by atoms with van der Waals surface area (Å²) in [6.07, 6.45) is 3.31. The highest BCUT2D eigenvalue weighted by atomic mass is 35.5. The van der Waals surface area contributed by atoms with Crippen LogP contribution in [0.2, 0.25) is 5.02 Å². The molecule has 2 aromatic heterocycles. The van der Waals surface area contributed by atoms with Gasteiger partial charge in [-0.2, -0.15) is 5.10 Å². The van der Waals surface area contributed by atoms with Crippen LogP contribution in [0, 0.1) is 5.82 Å². The van der Waals surface area contributed by atoms with Crippen molar-refractivity contribution in [1.29, 1.82) is 0 Å². The van der Waals surface area contributed by atoms with E-state index in [1.165, 1.54) is 16.6 Å². The van der Waals surface area contributed by atoms with Gasteiger partial charge in [-0.3, -0.25) is 4.79 Å². The topological polar surface area (TPSA) is 59.5 Å². The highest BCUT2D eigenvalue weighted by Crippen LogP contribution is 2.25. The minimum Gasteiger partial charge on any atom is -0.392 e. The van der Waals surface area contributed by atoms with Crippen molar-refractivity contribution in [2.24, 2.45) is 0 Å². The molecule has 0 amide bonds. The molecule has 0 spiro atoms. The number of hydrogen-bond donors (Lipinski definition) is 1. The monoisotopic (exact) mass is 383 g/mol. The molecule has 0 unspecified atom stereocenters. The van der Waals surface area contributed by atoms with Gasteiger partial charge in [-0.15, -0.1) is 0 Å². The van der Waals surface area contributed by atoms with E-state index in [0.717, 1.165) is 5.56 Å². The summed E-state index contributed by atoms with van der Waals surface area (Å²) in [5.74, 6) is -0.363. The lowest BCUT2D eigenvalue weighted by Crippen LogP contribution is -2.22. The molecular formula is C20H15ClFN3O2. The van der Waals surface area contributed by atoms with Crippen molar-refractivity contribution < 1.29 is 9.50 Å². The van der Waals surface area contributed by atoms with E-state index in [1.807, 2.05) is 12.1 Å². The van der Waals surface area contributed by atoms with Gasteiger partial charge in [0, 0.05) is 28.5 Å². The van der Waals surface area contributed by atoms with Gasteiger partial charge < -0.3 is 9.67 Å². The van der Waals surface area contributed by atoms with Crippen molar-refractivity contribution in [3.8, 4) is 11.3 Å². The Balaban J connectivity index is 1.83. The lowest BCUT2D eigenvalue weighted by molar-refractivity contribution is 0.283. The van der Waals surface area contributed by atoms with E-state index in [0.29, 0.717) is 33.9 Å². The molecule has 0 bridgehead atoms. The fourth-order valence-electron chi connectivity index (χ4n) is 3.05. The number of nitrogens with zero attached hydrogens (tertiary/aromatic N) is 3. The van der Waals surface area contributed by atoms with Crippen LogP contribution >= 0.6 is 11.6 Å². The van der Waals surface area contributed by atoms with E-state index in [2.05, 4.69) is 5.10 Å². The van der Waals surface area contributed by atoms with Gasteiger partial charge in [-0.25, -0.2) is 8.91 Å². The molecule has 4 rings (SSSR count). The van der Waals surface area contributed by atoms with E-state index >= 15 is 0 Å². The smallest absolute Gasteiger partial charge is 0.277 e. The fourth-order valence-corrected chi connectivity index (χ4v) is 3.18. The zero-order valence-corrected chi connectivity index (χ0v) is 14.9. The lowest BCUT2D eigenvalue weighted by Gasteiger charge is -2.07. The van der Waals surface area contributed by atoms with Gasteiger partial charge in [0.15, 0.2) is 0 Å². The highest BCUT2D eigenvalue weighted by Gasteiger charge is 2.17. The molecule has 5 nitrogen and oxygen atoms in total. The number of aliphatic hydroxyl groups excluding tert-OH is 1. The Morgan fingerprint density at radius 3 is 2.41 bits per heavy atom. The molecular weight excluding hydrogens is 369 g/mol. The first kappa shape index (κ1) is 17.5. The molecule has 0 saturated heterocycles. The standard InChI is InChI=1S/C20H15ClFN3O2/c21-15-5-1-13(2-6-15)11-24-9-10-25-19(20(24)27)17(12-26)18(23-25)14-3-7-16(22)8-4-14/h1-10,26H,11-12H2. The Morgan fingerprint density at radius 2 is 1.74 bits per heavy atom. The summed E-state index contributed by atoms with van der Waals surface area (Å²) in [6, 6.07) is 13.0. The molecule has 2 heterocycles. The van der Waals surface area contributed by atoms with Crippen molar-refractivity contribution in [2.45, 2.75) is 13.2 Å². The van der Waals surface area contributed by atoms with Crippen LogP contribution < -0.4 is 5.56 Å². The molecule has 7 heteroatoms. The van der Waals surface area contributed by atoms with E-state index in [9.17, 15) is 14.3 Å². The summed E-state index contributed by atoms with van der Waals surface area (Å²) in [4.78, 5) is 13.0. The zero-order chi connectivity index (χ0) is 19.0. The quantitative estimate of drug-likeness (QED) is 0.586. The van der Waals surface area contributed by atoms with Gasteiger partial charge in [0.05, 0.1) is 18.8 Å². The van der Waals surface area contributed by atoms with Crippen LogP contribution in [-0.4, -0.2) is 19.3 Å². The van der Waals surface area contributed by atoms with Gasteiger partial charge >= 0.3 is 0 Å². The second-order valence-electron chi connectivity index (χ2n) is 6.14. The molecule has 0 saturated carbocycles. The summed E-state index contributed by atoms with van der Waals surface area (Å²) in [6.45, 7) is 0.0187. The Labute approximate surface area is 158 Å². The van der Waals surface area contributed by atoms with E-state index in [1.54, 1.807) is 41.2 Å². The SMILES string of the molecule is O=c1c2c(CO)c(-c3ccc(F)cc3)nn2ccn1Cc1ccc(Cl)cc1. The van der Waals surface area contributed by atoms with Crippen LogP contribution in [0.4, 0.5) is 4.39 Å². The number of rotatable bonds is 4. The maximum Gasteiger partial charge on any atom is 0.277 e. The third kappa shape index (κ3) is 3.25. The summed E-state index contributed by atoms with van der Waals surface area (Å²) in [7, 11) is 0. The minimum atomic E-state index is -0.363. The first-order valence-corrected chi connectivity index (χ1v) is 8.66. The average Bonchev–Trinajstić information content (AvgIpc) is 3.06. The number of hydrogen-bond acceptors (Lipinski definition) is 3. The van der Waals surface area contributed by atoms with E-state index < -0.39 is 0 Å². The molecule has 0 aliphatic rings. The van der Waals surface area contributed by atoms with Gasteiger partial charge in [0.25, 0.3) is 5.56 Å². The zero-order valence-electron chi connectivity index (χ0n) is 14.1. The number of aliphatic hydroxyl groups is 1. The summed E-state index contributed by atoms with van der Waals surface area (Å²) in [5.41, 5.74) is 2.46. The Morgan fingerprint density at radius 1 is 1.04 bits per heavy atom. The lowest BCUT2D eigenvalue weighted by atomic mass is 10.1. The summed E-state index contributed by atoms with van der Waals surface area (Å²) < 4.78 is 16.2. The molecule has 0 radical (unpaired) electrons. The number of fused-ring (bicyclic) bond motifs is 1. The van der Waals surface area contributed by atoms with Crippen LogP contribution in [0.25, 0.3) is 16.8 Å². The average molecular weight is 384 g/mol. The molecule has 0 atom stereocenters. The number of halogens is 2. The van der Waals surface area contributed by atoms with Gasteiger partial charge in [0.2, 0.25) is 0 Å². The van der Waals surface area contributed by atoms with Crippen LogP contribution in [-0.2, 0) is 13.2 Å². The third-order valence-corrected chi connectivity index (χ3v) is 4.65. The second kappa shape index (κ2) is 6.98. The van der Waals surface area contributed by atoms with Crippen molar-refractivity contribution in [1.82, 2.24) is 14.2 Å². The Kier molecular flexibility index (Phi) is 4.51. The second-order valence-corrected chi connectivity index (χ2v) is 6.58. The van der Waals surface area contributed by atoms with Gasteiger partial charge in [-0.1, -0.05) is 23.7 Å². The first-order chi connectivity index (χ1) is 13.1. The van der Waals surface area contributed by atoms with Crippen LogP contribution in [0.3, 0.4) is 0 Å². The summed E-state index contributed by atoms with van der Waals surface area (Å²) >= 11 is 5.90. The maximum absolute atomic E-state index is 13.2. The first-order valence-electron chi connectivity index (χ1n) is 8.28. The van der Waals surface area contributed by atoms with Crippen LogP contribution in [0.15, 0.2) is 65.7 Å². The van der Waals surface area contributed by atoms with E-state index in [4.69, 9.17) is 11.6 Å². The largest absolute Gasteiger partial charge is 0.392 e. The van der Waals surface area contributed by atoms with Crippen molar-refractivity contribution in [3.63, 3.8) is 0 Å². The molecule has 4 aromatic rings. The molecule has 136 valence electrons. The van der Waals surface area contributed by atoms with Gasteiger partial charge in [-0.05, 0) is 42.0 Å². The molecule has 0 aliphatic heterocycles. The third-order valence-electron chi connectivity index (χ3n) is 4.40. The van der Waals surface area contributed by atoms with Crippen molar-refractivity contribution in [3.05, 3.63) is 93.2 Å². The fraction of sp³-hybridized carbons (Fsp3) is 0.100. The Bertz CT molecular complexity index is 1170. The van der Waals surface area contributed by atoms with Crippen LogP contribution in [0.1, 0.15) is 11.1 Å². The molecule has 2 aromatic carbocycles. The number of benzene rings is 2. The van der Waals surface area contributed by atoms with Crippen molar-refractivity contribution in [2.75, 3.05) is 0 Å². The molecule has 0 fully saturated rings. The molecule has 1 N–H and O–H groups in total. The Hall–Kier alpha value is -2.96. The maximum atomic E-state index is 13.2. The predicted molar refractivity (Wildman–Crippen MR) is 101 cm³/mol. The minimum absolute atomic E-state index is 0.266.